The van der Waals surface area contributed by atoms with Crippen molar-refractivity contribution in [3.05, 3.63) is 29.3 Å². The normalized spacial score (nSPS) is 20.9. The van der Waals surface area contributed by atoms with Crippen LogP contribution in [0.3, 0.4) is 0 Å². The average molecular weight is 290 g/mol. The third-order valence-electron chi connectivity index (χ3n) is 4.87. The number of hydrogen-bond donors (Lipinski definition) is 1. The van der Waals surface area contributed by atoms with Gasteiger partial charge < -0.3 is 14.8 Å². The van der Waals surface area contributed by atoms with Crippen LogP contribution in [0.2, 0.25) is 0 Å². The number of rotatable bonds is 4. The molecule has 116 valence electrons. The Morgan fingerprint density at radius 1 is 1.19 bits per heavy atom. The molecule has 2 heterocycles. The van der Waals surface area contributed by atoms with Gasteiger partial charge in [-0.05, 0) is 38.1 Å². The summed E-state index contributed by atoms with van der Waals surface area (Å²) in [5, 5.41) is 3.52. The van der Waals surface area contributed by atoms with E-state index in [2.05, 4.69) is 49.3 Å². The maximum atomic E-state index is 5.62. The second-order valence-electron chi connectivity index (χ2n) is 6.44. The van der Waals surface area contributed by atoms with Gasteiger partial charge in [0, 0.05) is 31.1 Å². The lowest BCUT2D eigenvalue weighted by Gasteiger charge is -2.46. The van der Waals surface area contributed by atoms with Gasteiger partial charge in [0.2, 0.25) is 0 Å². The van der Waals surface area contributed by atoms with Gasteiger partial charge in [0.05, 0.1) is 19.8 Å². The van der Waals surface area contributed by atoms with Crippen LogP contribution < -0.4 is 10.1 Å². The highest BCUT2D eigenvalue weighted by Gasteiger charge is 2.36. The minimum Gasteiger partial charge on any atom is -0.493 e. The number of fused-ring (bicyclic) bond motifs is 1. The third-order valence-corrected chi connectivity index (χ3v) is 4.87. The van der Waals surface area contributed by atoms with Gasteiger partial charge in [-0.3, -0.25) is 4.90 Å². The van der Waals surface area contributed by atoms with E-state index in [1.54, 1.807) is 0 Å². The van der Waals surface area contributed by atoms with E-state index in [1.807, 2.05) is 0 Å². The molecule has 0 saturated carbocycles. The zero-order valence-electron chi connectivity index (χ0n) is 13.3. The van der Waals surface area contributed by atoms with E-state index in [0.717, 1.165) is 45.1 Å². The molecule has 1 N–H and O–H groups in total. The number of morpholine rings is 1. The van der Waals surface area contributed by atoms with Crippen LogP contribution in [0.1, 0.15) is 31.0 Å². The molecule has 1 unspecified atom stereocenters. The standard InChI is InChI=1S/C17H26N2O2/c1-17(2,19-7-10-20-11-8-19)16(18-3)14-4-5-15-13(12-14)6-9-21-15/h4-5,12,16,18H,6-11H2,1-3H3. The molecule has 1 atom stereocenters. The zero-order chi connectivity index (χ0) is 14.9. The molecular formula is C17H26N2O2. The largest absolute Gasteiger partial charge is 0.493 e. The smallest absolute Gasteiger partial charge is 0.122 e. The molecule has 4 nitrogen and oxygen atoms in total. The summed E-state index contributed by atoms with van der Waals surface area (Å²) in [4.78, 5) is 2.53. The van der Waals surface area contributed by atoms with E-state index in [-0.39, 0.29) is 5.54 Å². The lowest BCUT2D eigenvalue weighted by Crippen LogP contribution is -2.55. The van der Waals surface area contributed by atoms with Crippen molar-refractivity contribution in [3.63, 3.8) is 0 Å². The Bertz CT molecular complexity index is 496. The number of benzene rings is 1. The molecule has 1 aromatic rings. The predicted octanol–water partition coefficient (Wildman–Crippen LogP) is 1.99. The molecular weight excluding hydrogens is 264 g/mol. The summed E-state index contributed by atoms with van der Waals surface area (Å²) in [5.74, 6) is 1.05. The predicted molar refractivity (Wildman–Crippen MR) is 83.9 cm³/mol. The molecule has 1 saturated heterocycles. The van der Waals surface area contributed by atoms with E-state index >= 15 is 0 Å². The van der Waals surface area contributed by atoms with Crippen LogP contribution in [0.5, 0.6) is 5.75 Å². The quantitative estimate of drug-likeness (QED) is 0.919. The van der Waals surface area contributed by atoms with Gasteiger partial charge in [0.25, 0.3) is 0 Å². The van der Waals surface area contributed by atoms with Crippen molar-refractivity contribution in [3.8, 4) is 5.75 Å². The molecule has 3 rings (SSSR count). The van der Waals surface area contributed by atoms with Crippen molar-refractivity contribution in [1.82, 2.24) is 10.2 Å². The molecule has 1 fully saturated rings. The van der Waals surface area contributed by atoms with Crippen LogP contribution in [-0.4, -0.2) is 50.4 Å². The monoisotopic (exact) mass is 290 g/mol. The van der Waals surface area contributed by atoms with Crippen LogP contribution in [0, 0.1) is 0 Å². The van der Waals surface area contributed by atoms with Crippen LogP contribution in [0.15, 0.2) is 18.2 Å². The molecule has 0 aliphatic carbocycles. The first-order valence-corrected chi connectivity index (χ1v) is 7.88. The van der Waals surface area contributed by atoms with Gasteiger partial charge in [0.1, 0.15) is 5.75 Å². The second kappa shape index (κ2) is 5.95. The topological polar surface area (TPSA) is 33.7 Å². The van der Waals surface area contributed by atoms with Gasteiger partial charge in [-0.2, -0.15) is 0 Å². The molecule has 0 amide bonds. The van der Waals surface area contributed by atoms with E-state index in [9.17, 15) is 0 Å². The summed E-state index contributed by atoms with van der Waals surface area (Å²) in [5.41, 5.74) is 2.73. The molecule has 0 bridgehead atoms. The fraction of sp³-hybridized carbons (Fsp3) is 0.647. The van der Waals surface area contributed by atoms with Gasteiger partial charge in [-0.15, -0.1) is 0 Å². The highest BCUT2D eigenvalue weighted by molar-refractivity contribution is 5.41. The molecule has 4 heteroatoms. The Hall–Kier alpha value is -1.10. The Morgan fingerprint density at radius 2 is 1.95 bits per heavy atom. The number of hydrogen-bond acceptors (Lipinski definition) is 4. The molecule has 0 spiro atoms. The van der Waals surface area contributed by atoms with Gasteiger partial charge in [0.15, 0.2) is 0 Å². The summed E-state index contributed by atoms with van der Waals surface area (Å²) in [7, 11) is 2.05. The number of nitrogens with one attached hydrogen (secondary N) is 1. The summed E-state index contributed by atoms with van der Waals surface area (Å²) in [6.07, 6.45) is 1.03. The lowest BCUT2D eigenvalue weighted by molar-refractivity contribution is -0.0229. The number of likely N-dealkylation sites (N-methyl/N-ethyl adjacent to an activating group) is 1. The minimum atomic E-state index is 0.0478. The molecule has 21 heavy (non-hydrogen) atoms. The summed E-state index contributed by atoms with van der Waals surface area (Å²) >= 11 is 0. The SMILES string of the molecule is CNC(c1ccc2c(c1)CCO2)C(C)(C)N1CCOCC1. The Kier molecular flexibility index (Phi) is 4.20. The minimum absolute atomic E-state index is 0.0478. The molecule has 2 aliphatic heterocycles. The first kappa shape index (κ1) is 14.8. The molecule has 2 aliphatic rings. The van der Waals surface area contributed by atoms with Crippen LogP contribution in [-0.2, 0) is 11.2 Å². The Morgan fingerprint density at radius 3 is 2.67 bits per heavy atom. The summed E-state index contributed by atoms with van der Waals surface area (Å²) in [6.45, 7) is 9.12. The van der Waals surface area contributed by atoms with E-state index in [4.69, 9.17) is 9.47 Å². The maximum absolute atomic E-state index is 5.62. The number of nitrogens with zero attached hydrogens (tertiary/aromatic N) is 1. The molecule has 0 radical (unpaired) electrons. The third kappa shape index (κ3) is 2.80. The number of ether oxygens (including phenoxy) is 2. The van der Waals surface area contributed by atoms with Crippen molar-refractivity contribution in [2.75, 3.05) is 40.0 Å². The molecule has 1 aromatic carbocycles. The van der Waals surface area contributed by atoms with E-state index in [0.29, 0.717) is 6.04 Å². The first-order valence-electron chi connectivity index (χ1n) is 7.88. The van der Waals surface area contributed by atoms with Gasteiger partial charge in [-0.1, -0.05) is 12.1 Å². The second-order valence-corrected chi connectivity index (χ2v) is 6.44. The van der Waals surface area contributed by atoms with Gasteiger partial charge in [-0.25, -0.2) is 0 Å². The fourth-order valence-corrected chi connectivity index (χ4v) is 3.64. The average Bonchev–Trinajstić information content (AvgIpc) is 2.96. The van der Waals surface area contributed by atoms with Crippen molar-refractivity contribution >= 4 is 0 Å². The van der Waals surface area contributed by atoms with Crippen molar-refractivity contribution in [1.29, 1.82) is 0 Å². The fourth-order valence-electron chi connectivity index (χ4n) is 3.64. The highest BCUT2D eigenvalue weighted by Crippen LogP contribution is 2.35. The summed E-state index contributed by atoms with van der Waals surface area (Å²) < 4.78 is 11.1. The van der Waals surface area contributed by atoms with Crippen LogP contribution in [0.4, 0.5) is 0 Å². The zero-order valence-corrected chi connectivity index (χ0v) is 13.3. The lowest BCUT2D eigenvalue weighted by atomic mass is 9.86. The summed E-state index contributed by atoms with van der Waals surface area (Å²) in [6, 6.07) is 6.93. The Labute approximate surface area is 127 Å². The van der Waals surface area contributed by atoms with Crippen molar-refractivity contribution < 1.29 is 9.47 Å². The highest BCUT2D eigenvalue weighted by atomic mass is 16.5. The maximum Gasteiger partial charge on any atom is 0.122 e. The first-order chi connectivity index (χ1) is 10.1. The van der Waals surface area contributed by atoms with Crippen LogP contribution >= 0.6 is 0 Å². The van der Waals surface area contributed by atoms with Crippen molar-refractivity contribution in [2.24, 2.45) is 0 Å². The van der Waals surface area contributed by atoms with Gasteiger partial charge >= 0.3 is 0 Å². The Balaban J connectivity index is 1.86. The van der Waals surface area contributed by atoms with E-state index in [1.165, 1.54) is 11.1 Å². The van der Waals surface area contributed by atoms with Crippen molar-refractivity contribution in [2.45, 2.75) is 31.8 Å². The molecule has 0 aromatic heterocycles. The van der Waals surface area contributed by atoms with Crippen LogP contribution in [0.25, 0.3) is 0 Å². The van der Waals surface area contributed by atoms with E-state index < -0.39 is 0 Å².